The minimum atomic E-state index is -1.17. The quantitative estimate of drug-likeness (QED) is 0.737. The standard InChI is InChI=1S/C12H7Cl2IN2O2/c13-6-1-3-9(8(15)5-6)16-10-4-2-7(14)11(17-10)12(18)19/h1-5H,(H,16,17)(H,18,19). The maximum absolute atomic E-state index is 10.9. The molecule has 2 rings (SSSR count). The van der Waals surface area contributed by atoms with Gasteiger partial charge in [-0.05, 0) is 52.9 Å². The number of anilines is 2. The number of carboxylic acid groups (broad SMARTS) is 1. The molecular weight excluding hydrogens is 402 g/mol. The van der Waals surface area contributed by atoms with Crippen molar-refractivity contribution in [2.75, 3.05) is 5.32 Å². The molecular formula is C12H7Cl2IN2O2. The lowest BCUT2D eigenvalue weighted by Gasteiger charge is -2.09. The fraction of sp³-hybridized carbons (Fsp3) is 0. The van der Waals surface area contributed by atoms with Crippen LogP contribution in [0.15, 0.2) is 30.3 Å². The van der Waals surface area contributed by atoms with E-state index < -0.39 is 5.97 Å². The lowest BCUT2D eigenvalue weighted by Crippen LogP contribution is -2.04. The molecule has 98 valence electrons. The van der Waals surface area contributed by atoms with Crippen LogP contribution in [0.2, 0.25) is 10.0 Å². The van der Waals surface area contributed by atoms with E-state index >= 15 is 0 Å². The van der Waals surface area contributed by atoms with Gasteiger partial charge in [-0.2, -0.15) is 0 Å². The summed E-state index contributed by atoms with van der Waals surface area (Å²) in [4.78, 5) is 14.9. The Morgan fingerprint density at radius 2 is 2.00 bits per heavy atom. The first-order chi connectivity index (χ1) is 8.97. The van der Waals surface area contributed by atoms with Gasteiger partial charge in [0.2, 0.25) is 0 Å². The van der Waals surface area contributed by atoms with Crippen LogP contribution in [0.3, 0.4) is 0 Å². The average molecular weight is 409 g/mol. The Balaban J connectivity index is 2.33. The molecule has 0 atom stereocenters. The molecule has 0 aliphatic heterocycles. The van der Waals surface area contributed by atoms with E-state index in [2.05, 4.69) is 32.9 Å². The van der Waals surface area contributed by atoms with Crippen molar-refractivity contribution in [3.05, 3.63) is 49.6 Å². The summed E-state index contributed by atoms with van der Waals surface area (Å²) in [6.07, 6.45) is 0. The third kappa shape index (κ3) is 3.49. The number of rotatable bonds is 3. The lowest BCUT2D eigenvalue weighted by molar-refractivity contribution is 0.0691. The number of hydrogen-bond acceptors (Lipinski definition) is 3. The van der Waals surface area contributed by atoms with Crippen molar-refractivity contribution in [2.24, 2.45) is 0 Å². The van der Waals surface area contributed by atoms with E-state index in [1.165, 1.54) is 6.07 Å². The molecule has 0 bridgehead atoms. The predicted octanol–water partition coefficient (Wildman–Crippen LogP) is 4.43. The number of aromatic nitrogens is 1. The highest BCUT2D eigenvalue weighted by Gasteiger charge is 2.12. The fourth-order valence-corrected chi connectivity index (χ4v) is 2.58. The molecule has 7 heteroatoms. The van der Waals surface area contributed by atoms with Crippen LogP contribution in [0, 0.1) is 3.57 Å². The van der Waals surface area contributed by atoms with Gasteiger partial charge in [0.15, 0.2) is 5.69 Å². The largest absolute Gasteiger partial charge is 0.476 e. The summed E-state index contributed by atoms with van der Waals surface area (Å²) in [5.41, 5.74) is 0.604. The lowest BCUT2D eigenvalue weighted by atomic mass is 10.3. The molecule has 0 unspecified atom stereocenters. The van der Waals surface area contributed by atoms with Gasteiger partial charge in [-0.15, -0.1) is 0 Å². The van der Waals surface area contributed by atoms with Crippen molar-refractivity contribution in [2.45, 2.75) is 0 Å². The molecule has 19 heavy (non-hydrogen) atoms. The molecule has 1 aromatic heterocycles. The van der Waals surface area contributed by atoms with E-state index in [0.29, 0.717) is 10.8 Å². The summed E-state index contributed by atoms with van der Waals surface area (Å²) in [5, 5.41) is 12.7. The van der Waals surface area contributed by atoms with E-state index in [9.17, 15) is 4.79 Å². The van der Waals surface area contributed by atoms with Gasteiger partial charge in [-0.1, -0.05) is 23.2 Å². The van der Waals surface area contributed by atoms with Crippen molar-refractivity contribution in [3.8, 4) is 0 Å². The Labute approximate surface area is 132 Å². The molecule has 0 saturated carbocycles. The molecule has 2 N–H and O–H groups in total. The number of pyridine rings is 1. The van der Waals surface area contributed by atoms with Crippen molar-refractivity contribution >= 4 is 63.3 Å². The fourth-order valence-electron chi connectivity index (χ4n) is 1.39. The highest BCUT2D eigenvalue weighted by molar-refractivity contribution is 14.1. The van der Waals surface area contributed by atoms with Crippen LogP contribution in [0.1, 0.15) is 10.5 Å². The topological polar surface area (TPSA) is 62.2 Å². The first-order valence-corrected chi connectivity index (χ1v) is 6.93. The first kappa shape index (κ1) is 14.4. The Kier molecular flexibility index (Phi) is 4.49. The molecule has 0 fully saturated rings. The highest BCUT2D eigenvalue weighted by Crippen LogP contribution is 2.26. The number of carbonyl (C=O) groups is 1. The van der Waals surface area contributed by atoms with Gasteiger partial charge in [0, 0.05) is 8.59 Å². The minimum Gasteiger partial charge on any atom is -0.476 e. The van der Waals surface area contributed by atoms with Crippen molar-refractivity contribution in [1.82, 2.24) is 4.98 Å². The van der Waals surface area contributed by atoms with Crippen LogP contribution in [0.4, 0.5) is 11.5 Å². The molecule has 0 saturated heterocycles. The number of carboxylic acids is 1. The van der Waals surface area contributed by atoms with Gasteiger partial charge in [-0.3, -0.25) is 0 Å². The SMILES string of the molecule is O=C(O)c1nc(Nc2ccc(Cl)cc2I)ccc1Cl. The van der Waals surface area contributed by atoms with E-state index in [0.717, 1.165) is 9.26 Å². The normalized spacial score (nSPS) is 10.3. The van der Waals surface area contributed by atoms with Crippen LogP contribution in [-0.4, -0.2) is 16.1 Å². The van der Waals surface area contributed by atoms with E-state index in [-0.39, 0.29) is 10.7 Å². The predicted molar refractivity (Wildman–Crippen MR) is 83.7 cm³/mol. The summed E-state index contributed by atoms with van der Waals surface area (Å²) in [5.74, 6) is -0.763. The number of halogens is 3. The number of aromatic carboxylic acids is 1. The van der Waals surface area contributed by atoms with Gasteiger partial charge in [-0.25, -0.2) is 9.78 Å². The molecule has 0 amide bonds. The van der Waals surface area contributed by atoms with E-state index in [4.69, 9.17) is 28.3 Å². The minimum absolute atomic E-state index is 0.101. The first-order valence-electron chi connectivity index (χ1n) is 5.09. The van der Waals surface area contributed by atoms with Crippen LogP contribution >= 0.6 is 45.8 Å². The smallest absolute Gasteiger partial charge is 0.356 e. The molecule has 2 aromatic rings. The molecule has 0 aliphatic rings. The number of hydrogen-bond donors (Lipinski definition) is 2. The average Bonchev–Trinajstić information content (AvgIpc) is 2.34. The molecule has 1 aromatic carbocycles. The zero-order chi connectivity index (χ0) is 14.0. The second-order valence-electron chi connectivity index (χ2n) is 3.58. The number of benzene rings is 1. The van der Waals surface area contributed by atoms with Gasteiger partial charge in [0.1, 0.15) is 5.82 Å². The van der Waals surface area contributed by atoms with Crippen molar-refractivity contribution in [1.29, 1.82) is 0 Å². The summed E-state index contributed by atoms with van der Waals surface area (Å²) in [6.45, 7) is 0. The Hall–Kier alpha value is -1.05. The van der Waals surface area contributed by atoms with Crippen molar-refractivity contribution in [3.63, 3.8) is 0 Å². The Morgan fingerprint density at radius 3 is 2.63 bits per heavy atom. The van der Waals surface area contributed by atoms with Gasteiger partial charge in [0.05, 0.1) is 10.7 Å². The number of nitrogens with one attached hydrogen (secondary N) is 1. The molecule has 0 radical (unpaired) electrons. The third-order valence-corrected chi connectivity index (χ3v) is 3.68. The van der Waals surface area contributed by atoms with Crippen LogP contribution in [-0.2, 0) is 0 Å². The number of nitrogens with zero attached hydrogens (tertiary/aromatic N) is 1. The summed E-state index contributed by atoms with van der Waals surface area (Å²) >= 11 is 13.7. The van der Waals surface area contributed by atoms with Crippen LogP contribution in [0.5, 0.6) is 0 Å². The van der Waals surface area contributed by atoms with Crippen LogP contribution in [0.25, 0.3) is 0 Å². The highest BCUT2D eigenvalue weighted by atomic mass is 127. The second kappa shape index (κ2) is 5.94. The molecule has 0 aliphatic carbocycles. The zero-order valence-electron chi connectivity index (χ0n) is 9.32. The molecule has 0 spiro atoms. The third-order valence-electron chi connectivity index (χ3n) is 2.24. The Bertz CT molecular complexity index is 650. The van der Waals surface area contributed by atoms with Gasteiger partial charge < -0.3 is 10.4 Å². The second-order valence-corrected chi connectivity index (χ2v) is 5.59. The monoisotopic (exact) mass is 408 g/mol. The van der Waals surface area contributed by atoms with E-state index in [1.807, 2.05) is 0 Å². The summed E-state index contributed by atoms with van der Waals surface area (Å²) in [7, 11) is 0. The summed E-state index contributed by atoms with van der Waals surface area (Å²) < 4.78 is 0.902. The van der Waals surface area contributed by atoms with E-state index in [1.54, 1.807) is 24.3 Å². The van der Waals surface area contributed by atoms with Gasteiger partial charge in [0.25, 0.3) is 0 Å². The van der Waals surface area contributed by atoms with Gasteiger partial charge >= 0.3 is 5.97 Å². The molecule has 1 heterocycles. The zero-order valence-corrected chi connectivity index (χ0v) is 13.0. The maximum Gasteiger partial charge on any atom is 0.356 e. The van der Waals surface area contributed by atoms with Crippen molar-refractivity contribution < 1.29 is 9.90 Å². The molecule has 4 nitrogen and oxygen atoms in total. The van der Waals surface area contributed by atoms with Crippen LogP contribution < -0.4 is 5.32 Å². The maximum atomic E-state index is 10.9. The Morgan fingerprint density at radius 1 is 1.26 bits per heavy atom. The summed E-state index contributed by atoms with van der Waals surface area (Å²) in [6, 6.07) is 8.42.